The predicted molar refractivity (Wildman–Crippen MR) is 66.2 cm³/mol. The molecule has 1 heterocycles. The lowest BCUT2D eigenvalue weighted by molar-refractivity contribution is -0.122. The molecule has 1 aromatic rings. The third-order valence-electron chi connectivity index (χ3n) is 3.15. The van der Waals surface area contributed by atoms with Gasteiger partial charge in [-0.1, -0.05) is 26.0 Å². The van der Waals surface area contributed by atoms with Crippen molar-refractivity contribution in [2.75, 3.05) is 0 Å². The fourth-order valence-electron chi connectivity index (χ4n) is 2.41. The van der Waals surface area contributed by atoms with E-state index in [1.54, 1.807) is 24.3 Å². The number of hydrogen-bond acceptors (Lipinski definition) is 3. The van der Waals surface area contributed by atoms with Crippen LogP contribution < -0.4 is 0 Å². The Bertz CT molecular complexity index is 499. The molecule has 4 nitrogen and oxygen atoms in total. The number of ketones is 1. The highest BCUT2D eigenvalue weighted by Crippen LogP contribution is 2.27. The van der Waals surface area contributed by atoms with Crippen molar-refractivity contribution in [2.45, 2.75) is 26.8 Å². The van der Waals surface area contributed by atoms with Gasteiger partial charge in [-0.3, -0.25) is 19.3 Å². The number of rotatable bonds is 3. The largest absolute Gasteiger partial charge is 0.298 e. The third-order valence-corrected chi connectivity index (χ3v) is 3.15. The van der Waals surface area contributed by atoms with Gasteiger partial charge in [-0.05, 0) is 25.0 Å². The monoisotopic (exact) mass is 245 g/mol. The Morgan fingerprint density at radius 1 is 1.06 bits per heavy atom. The van der Waals surface area contributed by atoms with Crippen LogP contribution in [0.1, 0.15) is 41.5 Å². The zero-order chi connectivity index (χ0) is 13.4. The molecule has 0 spiro atoms. The summed E-state index contributed by atoms with van der Waals surface area (Å²) in [7, 11) is 0. The number of nitrogens with zero attached hydrogens (tertiary/aromatic N) is 1. The van der Waals surface area contributed by atoms with E-state index in [0.717, 1.165) is 4.90 Å². The number of hydrogen-bond donors (Lipinski definition) is 0. The van der Waals surface area contributed by atoms with E-state index >= 15 is 0 Å². The van der Waals surface area contributed by atoms with Crippen molar-refractivity contribution in [1.82, 2.24) is 4.90 Å². The van der Waals surface area contributed by atoms with Gasteiger partial charge in [0.25, 0.3) is 11.8 Å². The van der Waals surface area contributed by atoms with Gasteiger partial charge in [0.2, 0.25) is 0 Å². The Morgan fingerprint density at radius 3 is 1.83 bits per heavy atom. The van der Waals surface area contributed by atoms with Crippen molar-refractivity contribution in [2.24, 2.45) is 5.92 Å². The number of benzene rings is 1. The first kappa shape index (κ1) is 12.5. The summed E-state index contributed by atoms with van der Waals surface area (Å²) in [6.45, 7) is 5.07. The molecule has 1 aromatic carbocycles. The van der Waals surface area contributed by atoms with Crippen LogP contribution in [0.4, 0.5) is 0 Å². The first-order valence-electron chi connectivity index (χ1n) is 5.92. The molecule has 1 atom stereocenters. The fraction of sp³-hybridized carbons (Fsp3) is 0.357. The second-order valence-electron chi connectivity index (χ2n) is 4.83. The summed E-state index contributed by atoms with van der Waals surface area (Å²) in [5.41, 5.74) is 0.767. The van der Waals surface area contributed by atoms with Crippen LogP contribution in [0.2, 0.25) is 0 Å². The highest BCUT2D eigenvalue weighted by atomic mass is 16.2. The molecule has 1 unspecified atom stereocenters. The van der Waals surface area contributed by atoms with Gasteiger partial charge < -0.3 is 0 Å². The molecule has 0 radical (unpaired) electrons. The summed E-state index contributed by atoms with van der Waals surface area (Å²) in [6, 6.07) is 5.98. The predicted octanol–water partition coefficient (Wildman–Crippen LogP) is 1.90. The zero-order valence-electron chi connectivity index (χ0n) is 10.6. The summed E-state index contributed by atoms with van der Waals surface area (Å²) in [5, 5.41) is 0. The SMILES string of the molecule is CC(=O)C(C(C)C)N1C(=O)c2ccccc2C1=O. The van der Waals surface area contributed by atoms with Gasteiger partial charge >= 0.3 is 0 Å². The number of imide groups is 1. The number of amides is 2. The van der Waals surface area contributed by atoms with E-state index in [4.69, 9.17) is 0 Å². The molecular weight excluding hydrogens is 230 g/mol. The third kappa shape index (κ3) is 1.74. The minimum Gasteiger partial charge on any atom is -0.298 e. The standard InChI is InChI=1S/C14H15NO3/c1-8(2)12(9(3)16)15-13(17)10-6-4-5-7-11(10)14(15)18/h4-8,12H,1-3H3. The molecule has 0 saturated heterocycles. The van der Waals surface area contributed by atoms with Crippen LogP contribution in [0.15, 0.2) is 24.3 Å². The number of fused-ring (bicyclic) bond motifs is 1. The van der Waals surface area contributed by atoms with E-state index in [1.807, 2.05) is 13.8 Å². The molecule has 0 saturated carbocycles. The Morgan fingerprint density at radius 2 is 1.50 bits per heavy atom. The molecule has 0 aliphatic carbocycles. The molecule has 94 valence electrons. The summed E-state index contributed by atoms with van der Waals surface area (Å²) >= 11 is 0. The molecule has 1 aliphatic rings. The molecular formula is C14H15NO3. The van der Waals surface area contributed by atoms with Crippen molar-refractivity contribution >= 4 is 17.6 Å². The van der Waals surface area contributed by atoms with Crippen LogP contribution in [0.3, 0.4) is 0 Å². The van der Waals surface area contributed by atoms with Crippen molar-refractivity contribution < 1.29 is 14.4 Å². The molecule has 0 fully saturated rings. The van der Waals surface area contributed by atoms with Crippen LogP contribution in [0.5, 0.6) is 0 Å². The molecule has 0 N–H and O–H groups in total. The van der Waals surface area contributed by atoms with Crippen molar-refractivity contribution in [3.8, 4) is 0 Å². The Hall–Kier alpha value is -1.97. The maximum atomic E-state index is 12.2. The molecule has 0 aromatic heterocycles. The van der Waals surface area contributed by atoms with Gasteiger partial charge in [0.1, 0.15) is 6.04 Å². The lowest BCUT2D eigenvalue weighted by Crippen LogP contribution is -2.47. The van der Waals surface area contributed by atoms with Crippen LogP contribution >= 0.6 is 0 Å². The average molecular weight is 245 g/mol. The Balaban J connectivity index is 2.47. The lowest BCUT2D eigenvalue weighted by atomic mass is 9.99. The minimum absolute atomic E-state index is 0.0929. The second kappa shape index (κ2) is 4.37. The summed E-state index contributed by atoms with van der Waals surface area (Å²) in [4.78, 5) is 37.2. The number of Topliss-reactive ketones (excluding diaryl/α,β-unsaturated/α-hetero) is 1. The molecule has 0 bridgehead atoms. The van der Waals surface area contributed by atoms with Crippen LogP contribution in [0.25, 0.3) is 0 Å². The van der Waals surface area contributed by atoms with E-state index in [1.165, 1.54) is 6.92 Å². The molecule has 1 aliphatic heterocycles. The van der Waals surface area contributed by atoms with Crippen LogP contribution in [-0.2, 0) is 4.79 Å². The topological polar surface area (TPSA) is 54.5 Å². The molecule has 2 rings (SSSR count). The van der Waals surface area contributed by atoms with E-state index in [9.17, 15) is 14.4 Å². The van der Waals surface area contributed by atoms with Gasteiger partial charge in [0.15, 0.2) is 5.78 Å². The Kier molecular flexibility index (Phi) is 3.03. The Labute approximate surface area is 106 Å². The van der Waals surface area contributed by atoms with Crippen LogP contribution in [-0.4, -0.2) is 28.5 Å². The van der Waals surface area contributed by atoms with Gasteiger partial charge in [-0.2, -0.15) is 0 Å². The molecule has 2 amide bonds. The minimum atomic E-state index is -0.683. The summed E-state index contributed by atoms with van der Waals surface area (Å²) < 4.78 is 0. The highest BCUT2D eigenvalue weighted by Gasteiger charge is 2.42. The van der Waals surface area contributed by atoms with E-state index in [0.29, 0.717) is 11.1 Å². The normalized spacial score (nSPS) is 16.1. The lowest BCUT2D eigenvalue weighted by Gasteiger charge is -2.26. The van der Waals surface area contributed by atoms with Gasteiger partial charge in [0.05, 0.1) is 11.1 Å². The quantitative estimate of drug-likeness (QED) is 0.764. The molecule has 4 heteroatoms. The first-order valence-corrected chi connectivity index (χ1v) is 5.92. The van der Waals surface area contributed by atoms with Crippen molar-refractivity contribution in [3.05, 3.63) is 35.4 Å². The zero-order valence-corrected chi connectivity index (χ0v) is 10.6. The average Bonchev–Trinajstić information content (AvgIpc) is 2.55. The number of carbonyl (C=O) groups excluding carboxylic acids is 3. The van der Waals surface area contributed by atoms with Crippen molar-refractivity contribution in [3.63, 3.8) is 0 Å². The second-order valence-corrected chi connectivity index (χ2v) is 4.83. The smallest absolute Gasteiger partial charge is 0.262 e. The van der Waals surface area contributed by atoms with Gasteiger partial charge in [-0.15, -0.1) is 0 Å². The summed E-state index contributed by atoms with van der Waals surface area (Å²) in [6.07, 6.45) is 0. The number of carbonyl (C=O) groups is 3. The molecule has 18 heavy (non-hydrogen) atoms. The van der Waals surface area contributed by atoms with Crippen molar-refractivity contribution in [1.29, 1.82) is 0 Å². The maximum Gasteiger partial charge on any atom is 0.262 e. The fourth-order valence-corrected chi connectivity index (χ4v) is 2.41. The highest BCUT2D eigenvalue weighted by molar-refractivity contribution is 6.22. The van der Waals surface area contributed by atoms with Gasteiger partial charge in [0, 0.05) is 0 Å². The van der Waals surface area contributed by atoms with E-state index in [-0.39, 0.29) is 23.5 Å². The van der Waals surface area contributed by atoms with Gasteiger partial charge in [-0.25, -0.2) is 0 Å². The van der Waals surface area contributed by atoms with E-state index < -0.39 is 6.04 Å². The first-order chi connectivity index (χ1) is 8.45. The summed E-state index contributed by atoms with van der Waals surface area (Å²) in [5.74, 6) is -1.00. The maximum absolute atomic E-state index is 12.2. The van der Waals surface area contributed by atoms with Crippen LogP contribution in [0, 0.1) is 5.92 Å². The van der Waals surface area contributed by atoms with E-state index in [2.05, 4.69) is 0 Å².